The second-order valence-electron chi connectivity index (χ2n) is 4.32. The van der Waals surface area contributed by atoms with Crippen LogP contribution in [0.5, 0.6) is 5.75 Å². The van der Waals surface area contributed by atoms with E-state index >= 15 is 0 Å². The summed E-state index contributed by atoms with van der Waals surface area (Å²) in [6.07, 6.45) is 0.413. The molecule has 0 unspecified atom stereocenters. The van der Waals surface area contributed by atoms with E-state index in [0.29, 0.717) is 18.1 Å². The number of aromatic hydroxyl groups is 1. The van der Waals surface area contributed by atoms with Crippen molar-refractivity contribution in [1.82, 2.24) is 10.1 Å². The second-order valence-corrected chi connectivity index (χ2v) is 5.24. The summed E-state index contributed by atoms with van der Waals surface area (Å²) in [4.78, 5) is 4.34. The molecule has 100 valence electrons. The number of nitrogens with zero attached hydrogens (tertiary/aromatic N) is 2. The summed E-state index contributed by atoms with van der Waals surface area (Å²) in [6.45, 7) is 0. The first-order chi connectivity index (χ1) is 9.72. The molecule has 3 aromatic rings. The number of hydrogen-bond donors (Lipinski definition) is 1. The minimum Gasteiger partial charge on any atom is -0.508 e. The lowest BCUT2D eigenvalue weighted by atomic mass is 10.1. The summed E-state index contributed by atoms with van der Waals surface area (Å²) in [5, 5.41) is 13.7. The van der Waals surface area contributed by atoms with Gasteiger partial charge in [0.1, 0.15) is 5.75 Å². The highest BCUT2D eigenvalue weighted by Crippen LogP contribution is 2.22. The molecule has 1 heterocycles. The Kier molecular flexibility index (Phi) is 3.52. The van der Waals surface area contributed by atoms with Crippen molar-refractivity contribution in [1.29, 1.82) is 0 Å². The Balaban J connectivity index is 1.84. The predicted octanol–water partition coefficient (Wildman–Crippen LogP) is 3.80. The molecule has 2 aromatic carbocycles. The fourth-order valence-corrected chi connectivity index (χ4v) is 2.13. The monoisotopic (exact) mass is 330 g/mol. The maximum atomic E-state index is 9.73. The third-order valence-corrected chi connectivity index (χ3v) is 3.43. The van der Waals surface area contributed by atoms with Crippen LogP contribution in [0, 0.1) is 0 Å². The summed E-state index contributed by atoms with van der Waals surface area (Å²) in [5.74, 6) is 1.25. The van der Waals surface area contributed by atoms with Gasteiger partial charge in [-0.15, -0.1) is 0 Å². The van der Waals surface area contributed by atoms with E-state index in [2.05, 4.69) is 26.1 Å². The molecule has 0 amide bonds. The van der Waals surface area contributed by atoms with Crippen molar-refractivity contribution < 1.29 is 9.63 Å². The van der Waals surface area contributed by atoms with E-state index in [-0.39, 0.29) is 5.75 Å². The number of benzene rings is 2. The normalized spacial score (nSPS) is 10.7. The van der Waals surface area contributed by atoms with Gasteiger partial charge in [-0.1, -0.05) is 39.3 Å². The average molecular weight is 331 g/mol. The molecule has 20 heavy (non-hydrogen) atoms. The molecule has 5 heteroatoms. The SMILES string of the molecule is Oc1ccccc1Cc1nc(-c2ccc(Br)cc2)no1. The summed E-state index contributed by atoms with van der Waals surface area (Å²) in [5.41, 5.74) is 1.65. The molecule has 0 spiro atoms. The Hall–Kier alpha value is -2.14. The lowest BCUT2D eigenvalue weighted by molar-refractivity contribution is 0.383. The molecule has 3 rings (SSSR count). The minimum atomic E-state index is 0.232. The Morgan fingerprint density at radius 1 is 1.05 bits per heavy atom. The Labute approximate surface area is 124 Å². The van der Waals surface area contributed by atoms with Crippen LogP contribution in [0.2, 0.25) is 0 Å². The van der Waals surface area contributed by atoms with Gasteiger partial charge in [0, 0.05) is 15.6 Å². The number of phenols is 1. The van der Waals surface area contributed by atoms with Crippen LogP contribution < -0.4 is 0 Å². The van der Waals surface area contributed by atoms with Crippen LogP contribution in [-0.4, -0.2) is 15.2 Å². The van der Waals surface area contributed by atoms with E-state index in [1.54, 1.807) is 12.1 Å². The highest BCUT2D eigenvalue weighted by atomic mass is 79.9. The van der Waals surface area contributed by atoms with Gasteiger partial charge in [0.2, 0.25) is 11.7 Å². The zero-order valence-corrected chi connectivity index (χ0v) is 12.0. The zero-order valence-electron chi connectivity index (χ0n) is 10.5. The molecular formula is C15H11BrN2O2. The number of aromatic nitrogens is 2. The van der Waals surface area contributed by atoms with Gasteiger partial charge in [0.05, 0.1) is 6.42 Å². The number of phenolic OH excluding ortho intramolecular Hbond substituents is 1. The first kappa shape index (κ1) is 12.9. The first-order valence-electron chi connectivity index (χ1n) is 6.08. The van der Waals surface area contributed by atoms with Gasteiger partial charge < -0.3 is 9.63 Å². The van der Waals surface area contributed by atoms with Gasteiger partial charge in [-0.25, -0.2) is 0 Å². The molecule has 0 bridgehead atoms. The van der Waals surface area contributed by atoms with E-state index < -0.39 is 0 Å². The van der Waals surface area contributed by atoms with Gasteiger partial charge in [-0.2, -0.15) is 4.98 Å². The molecule has 0 fully saturated rings. The largest absolute Gasteiger partial charge is 0.508 e. The molecule has 1 aromatic heterocycles. The number of hydrogen-bond acceptors (Lipinski definition) is 4. The maximum Gasteiger partial charge on any atom is 0.231 e. The van der Waals surface area contributed by atoms with Crippen LogP contribution in [-0.2, 0) is 6.42 Å². The summed E-state index contributed by atoms with van der Waals surface area (Å²) >= 11 is 3.38. The summed E-state index contributed by atoms with van der Waals surface area (Å²) < 4.78 is 6.22. The molecule has 4 nitrogen and oxygen atoms in total. The van der Waals surface area contributed by atoms with Crippen LogP contribution in [0.4, 0.5) is 0 Å². The standard InChI is InChI=1S/C15H11BrN2O2/c16-12-7-5-10(6-8-12)15-17-14(20-18-15)9-11-3-1-2-4-13(11)19/h1-8,19H,9H2. The highest BCUT2D eigenvalue weighted by molar-refractivity contribution is 9.10. The van der Waals surface area contributed by atoms with E-state index in [1.807, 2.05) is 36.4 Å². The van der Waals surface area contributed by atoms with Crippen LogP contribution in [0.25, 0.3) is 11.4 Å². The molecule has 0 radical (unpaired) electrons. The highest BCUT2D eigenvalue weighted by Gasteiger charge is 2.10. The lowest BCUT2D eigenvalue weighted by Crippen LogP contribution is -1.89. The van der Waals surface area contributed by atoms with Crippen molar-refractivity contribution in [2.75, 3.05) is 0 Å². The van der Waals surface area contributed by atoms with Crippen molar-refractivity contribution in [3.63, 3.8) is 0 Å². The third-order valence-electron chi connectivity index (χ3n) is 2.90. The van der Waals surface area contributed by atoms with Crippen molar-refractivity contribution in [2.45, 2.75) is 6.42 Å². The quantitative estimate of drug-likeness (QED) is 0.793. The Morgan fingerprint density at radius 2 is 1.80 bits per heavy atom. The summed E-state index contributed by atoms with van der Waals surface area (Å²) in [6, 6.07) is 14.8. The molecule has 0 aliphatic heterocycles. The Bertz CT molecular complexity index is 723. The maximum absolute atomic E-state index is 9.73. The van der Waals surface area contributed by atoms with Crippen molar-refractivity contribution in [3.05, 3.63) is 64.5 Å². The number of halogens is 1. The van der Waals surface area contributed by atoms with E-state index in [4.69, 9.17) is 4.52 Å². The number of rotatable bonds is 3. The molecule has 0 aliphatic rings. The van der Waals surface area contributed by atoms with Gasteiger partial charge in [0.15, 0.2) is 0 Å². The van der Waals surface area contributed by atoms with Crippen LogP contribution in [0.3, 0.4) is 0 Å². The third kappa shape index (κ3) is 2.72. The van der Waals surface area contributed by atoms with Crippen molar-refractivity contribution >= 4 is 15.9 Å². The van der Waals surface area contributed by atoms with Crippen molar-refractivity contribution in [3.8, 4) is 17.1 Å². The first-order valence-corrected chi connectivity index (χ1v) is 6.87. The second kappa shape index (κ2) is 5.46. The van der Waals surface area contributed by atoms with Gasteiger partial charge in [-0.05, 0) is 30.3 Å². The zero-order chi connectivity index (χ0) is 13.9. The Morgan fingerprint density at radius 3 is 2.55 bits per heavy atom. The summed E-state index contributed by atoms with van der Waals surface area (Å²) in [7, 11) is 0. The minimum absolute atomic E-state index is 0.232. The van der Waals surface area contributed by atoms with Gasteiger partial charge >= 0.3 is 0 Å². The van der Waals surface area contributed by atoms with E-state index in [0.717, 1.165) is 15.6 Å². The van der Waals surface area contributed by atoms with E-state index in [9.17, 15) is 5.11 Å². The molecule has 0 saturated carbocycles. The average Bonchev–Trinajstić information content (AvgIpc) is 2.91. The topological polar surface area (TPSA) is 59.2 Å². The van der Waals surface area contributed by atoms with Gasteiger partial charge in [0.25, 0.3) is 0 Å². The lowest BCUT2D eigenvalue weighted by Gasteiger charge is -1.99. The van der Waals surface area contributed by atoms with Crippen molar-refractivity contribution in [2.24, 2.45) is 0 Å². The molecule has 0 saturated heterocycles. The molecule has 1 N–H and O–H groups in total. The van der Waals surface area contributed by atoms with E-state index in [1.165, 1.54) is 0 Å². The van der Waals surface area contributed by atoms with Crippen LogP contribution in [0.1, 0.15) is 11.5 Å². The van der Waals surface area contributed by atoms with Crippen LogP contribution >= 0.6 is 15.9 Å². The molecular weight excluding hydrogens is 320 g/mol. The fraction of sp³-hybridized carbons (Fsp3) is 0.0667. The molecule has 0 aliphatic carbocycles. The van der Waals surface area contributed by atoms with Gasteiger partial charge in [-0.3, -0.25) is 0 Å². The predicted molar refractivity (Wildman–Crippen MR) is 78.3 cm³/mol. The van der Waals surface area contributed by atoms with Crippen LogP contribution in [0.15, 0.2) is 57.5 Å². The molecule has 0 atom stereocenters. The number of para-hydroxylation sites is 1. The fourth-order valence-electron chi connectivity index (χ4n) is 1.87. The smallest absolute Gasteiger partial charge is 0.231 e.